The maximum absolute atomic E-state index is 12.5. The number of nitrogens with two attached hydrogens (primary N) is 1. The van der Waals surface area contributed by atoms with Gasteiger partial charge in [0.25, 0.3) is 0 Å². The highest BCUT2D eigenvalue weighted by Gasteiger charge is 2.36. The van der Waals surface area contributed by atoms with E-state index in [1.54, 1.807) is 0 Å². The summed E-state index contributed by atoms with van der Waals surface area (Å²) in [6, 6.07) is 8.68. The molecule has 0 unspecified atom stereocenters. The van der Waals surface area contributed by atoms with Crippen LogP contribution < -0.4 is 5.73 Å². The summed E-state index contributed by atoms with van der Waals surface area (Å²) in [5, 5.41) is 0. The van der Waals surface area contributed by atoms with Crippen molar-refractivity contribution in [1.82, 2.24) is 9.80 Å². The second-order valence-corrected chi connectivity index (χ2v) is 7.40. The monoisotopic (exact) mass is 343 g/mol. The number of aryl methyl sites for hydroxylation is 2. The first-order valence-corrected chi connectivity index (χ1v) is 9.43. The van der Waals surface area contributed by atoms with E-state index in [4.69, 9.17) is 5.73 Å². The minimum absolute atomic E-state index is 0.103. The van der Waals surface area contributed by atoms with Crippen LogP contribution in [-0.4, -0.2) is 53.3 Å². The summed E-state index contributed by atoms with van der Waals surface area (Å²) in [6.07, 6.45) is 5.19. The Morgan fingerprint density at radius 2 is 1.76 bits per heavy atom. The second-order valence-electron chi connectivity index (χ2n) is 7.40. The van der Waals surface area contributed by atoms with Gasteiger partial charge in [0.2, 0.25) is 11.8 Å². The smallest absolute Gasteiger partial charge is 0.234 e. The standard InChI is InChI=1S/C20H29N3O2/c1-15-4-6-16(7-5-15)8-9-19(24)22-13-10-17(11-14-22)23-12-2-3-18(23)20(21)25/h4-7,17-18H,2-3,8-14H2,1H3,(H2,21,25)/t18-/m1/s1. The number of carbonyl (C=O) groups excluding carboxylic acids is 2. The Morgan fingerprint density at radius 3 is 2.40 bits per heavy atom. The van der Waals surface area contributed by atoms with Gasteiger partial charge in [0.15, 0.2) is 0 Å². The van der Waals surface area contributed by atoms with Gasteiger partial charge in [-0.2, -0.15) is 0 Å². The fraction of sp³-hybridized carbons (Fsp3) is 0.600. The fourth-order valence-corrected chi connectivity index (χ4v) is 4.14. The van der Waals surface area contributed by atoms with Gasteiger partial charge in [0.05, 0.1) is 6.04 Å². The first-order chi connectivity index (χ1) is 12.0. The van der Waals surface area contributed by atoms with E-state index in [2.05, 4.69) is 36.1 Å². The predicted molar refractivity (Wildman–Crippen MR) is 98.0 cm³/mol. The number of nitrogens with zero attached hydrogens (tertiary/aromatic N) is 2. The van der Waals surface area contributed by atoms with Gasteiger partial charge in [-0.15, -0.1) is 0 Å². The molecule has 136 valence electrons. The SMILES string of the molecule is Cc1ccc(CCC(=O)N2CCC(N3CCC[C@@H]3C(N)=O)CC2)cc1. The van der Waals surface area contributed by atoms with Crippen LogP contribution in [0.2, 0.25) is 0 Å². The molecule has 2 N–H and O–H groups in total. The van der Waals surface area contributed by atoms with E-state index >= 15 is 0 Å². The molecule has 2 amide bonds. The number of carbonyl (C=O) groups is 2. The number of rotatable bonds is 5. The molecule has 1 aromatic carbocycles. The number of likely N-dealkylation sites (tertiary alicyclic amines) is 2. The molecule has 2 fully saturated rings. The molecule has 0 radical (unpaired) electrons. The van der Waals surface area contributed by atoms with Gasteiger partial charge in [-0.1, -0.05) is 29.8 Å². The molecule has 5 heteroatoms. The minimum Gasteiger partial charge on any atom is -0.368 e. The summed E-state index contributed by atoms with van der Waals surface area (Å²) in [4.78, 5) is 28.3. The topological polar surface area (TPSA) is 66.6 Å². The Kier molecular flexibility index (Phi) is 5.74. The van der Waals surface area contributed by atoms with Crippen LogP contribution >= 0.6 is 0 Å². The number of hydrogen-bond acceptors (Lipinski definition) is 3. The van der Waals surface area contributed by atoms with Gasteiger partial charge >= 0.3 is 0 Å². The van der Waals surface area contributed by atoms with Gasteiger partial charge in [-0.25, -0.2) is 0 Å². The number of benzene rings is 1. The number of piperidine rings is 1. The normalized spacial score (nSPS) is 22.3. The highest BCUT2D eigenvalue weighted by molar-refractivity contribution is 5.80. The summed E-state index contributed by atoms with van der Waals surface area (Å²) in [5.41, 5.74) is 7.99. The van der Waals surface area contributed by atoms with E-state index in [1.165, 1.54) is 11.1 Å². The predicted octanol–water partition coefficient (Wildman–Crippen LogP) is 1.87. The molecule has 0 saturated carbocycles. The van der Waals surface area contributed by atoms with Gasteiger partial charge in [0.1, 0.15) is 0 Å². The third-order valence-corrected chi connectivity index (χ3v) is 5.66. The van der Waals surface area contributed by atoms with E-state index in [0.717, 1.165) is 51.7 Å². The first-order valence-electron chi connectivity index (χ1n) is 9.43. The molecule has 0 spiro atoms. The summed E-state index contributed by atoms with van der Waals surface area (Å²) < 4.78 is 0. The Morgan fingerprint density at radius 1 is 1.08 bits per heavy atom. The molecule has 0 bridgehead atoms. The van der Waals surface area contributed by atoms with Crippen molar-refractivity contribution >= 4 is 11.8 Å². The maximum Gasteiger partial charge on any atom is 0.234 e. The Balaban J connectivity index is 1.46. The molecule has 1 aromatic rings. The zero-order chi connectivity index (χ0) is 17.8. The highest BCUT2D eigenvalue weighted by atomic mass is 16.2. The molecule has 1 atom stereocenters. The third kappa shape index (κ3) is 4.40. The quantitative estimate of drug-likeness (QED) is 0.887. The van der Waals surface area contributed by atoms with Crippen molar-refractivity contribution < 1.29 is 9.59 Å². The first kappa shape index (κ1) is 17.9. The zero-order valence-electron chi connectivity index (χ0n) is 15.1. The number of amides is 2. The maximum atomic E-state index is 12.5. The van der Waals surface area contributed by atoms with E-state index in [0.29, 0.717) is 12.5 Å². The number of primary amides is 1. The van der Waals surface area contributed by atoms with Crippen LogP contribution in [0.4, 0.5) is 0 Å². The average Bonchev–Trinajstić information content (AvgIpc) is 3.11. The minimum atomic E-state index is -0.200. The molecule has 2 aliphatic heterocycles. The molecule has 25 heavy (non-hydrogen) atoms. The lowest BCUT2D eigenvalue weighted by molar-refractivity contribution is -0.133. The Bertz CT molecular complexity index is 606. The van der Waals surface area contributed by atoms with Crippen LogP contribution in [0.3, 0.4) is 0 Å². The van der Waals surface area contributed by atoms with Gasteiger partial charge < -0.3 is 10.6 Å². The molecule has 3 rings (SSSR count). The van der Waals surface area contributed by atoms with Gasteiger partial charge in [-0.05, 0) is 51.1 Å². The number of hydrogen-bond donors (Lipinski definition) is 1. The molecule has 2 aliphatic rings. The Labute approximate surface area is 150 Å². The van der Waals surface area contributed by atoms with E-state index in [-0.39, 0.29) is 17.9 Å². The van der Waals surface area contributed by atoms with Crippen LogP contribution in [-0.2, 0) is 16.0 Å². The van der Waals surface area contributed by atoms with E-state index < -0.39 is 0 Å². The molecule has 0 aliphatic carbocycles. The van der Waals surface area contributed by atoms with E-state index in [9.17, 15) is 9.59 Å². The molecular weight excluding hydrogens is 314 g/mol. The zero-order valence-corrected chi connectivity index (χ0v) is 15.1. The van der Waals surface area contributed by atoms with Crippen LogP contribution in [0.25, 0.3) is 0 Å². The van der Waals surface area contributed by atoms with E-state index in [1.807, 2.05) is 4.90 Å². The van der Waals surface area contributed by atoms with Crippen LogP contribution in [0.15, 0.2) is 24.3 Å². The van der Waals surface area contributed by atoms with Crippen molar-refractivity contribution in [1.29, 1.82) is 0 Å². The molecule has 2 heterocycles. The van der Waals surface area contributed by atoms with Crippen LogP contribution in [0.1, 0.15) is 43.2 Å². The van der Waals surface area contributed by atoms with Crippen molar-refractivity contribution in [2.24, 2.45) is 5.73 Å². The lowest BCUT2D eigenvalue weighted by Gasteiger charge is -2.38. The summed E-state index contributed by atoms with van der Waals surface area (Å²) >= 11 is 0. The van der Waals surface area contributed by atoms with Crippen molar-refractivity contribution in [3.8, 4) is 0 Å². The molecule has 5 nitrogen and oxygen atoms in total. The average molecular weight is 343 g/mol. The summed E-state index contributed by atoms with van der Waals surface area (Å²) in [7, 11) is 0. The van der Waals surface area contributed by atoms with Crippen molar-refractivity contribution in [3.63, 3.8) is 0 Å². The van der Waals surface area contributed by atoms with Gasteiger partial charge in [0, 0.05) is 25.6 Å². The van der Waals surface area contributed by atoms with Crippen LogP contribution in [0.5, 0.6) is 0 Å². The fourth-order valence-electron chi connectivity index (χ4n) is 4.14. The largest absolute Gasteiger partial charge is 0.368 e. The molecule has 0 aromatic heterocycles. The summed E-state index contributed by atoms with van der Waals surface area (Å²) in [6.45, 7) is 4.61. The molecule has 2 saturated heterocycles. The molecular formula is C20H29N3O2. The van der Waals surface area contributed by atoms with Crippen LogP contribution in [0, 0.1) is 6.92 Å². The van der Waals surface area contributed by atoms with Crippen molar-refractivity contribution in [3.05, 3.63) is 35.4 Å². The van der Waals surface area contributed by atoms with Crippen molar-refractivity contribution in [2.45, 2.75) is 57.5 Å². The lowest BCUT2D eigenvalue weighted by Crippen LogP contribution is -2.51. The summed E-state index contributed by atoms with van der Waals surface area (Å²) in [5.74, 6) is 0.0426. The third-order valence-electron chi connectivity index (χ3n) is 5.66. The highest BCUT2D eigenvalue weighted by Crippen LogP contribution is 2.26. The van der Waals surface area contributed by atoms with Gasteiger partial charge in [-0.3, -0.25) is 14.5 Å². The second kappa shape index (κ2) is 8.00. The Hall–Kier alpha value is -1.88. The lowest BCUT2D eigenvalue weighted by atomic mass is 10.0. The van der Waals surface area contributed by atoms with Crippen molar-refractivity contribution in [2.75, 3.05) is 19.6 Å².